The number of anilines is 1. The van der Waals surface area contributed by atoms with Crippen molar-refractivity contribution in [2.75, 3.05) is 11.1 Å². The van der Waals surface area contributed by atoms with Crippen molar-refractivity contribution in [3.63, 3.8) is 0 Å². The number of hydrogen-bond acceptors (Lipinski definition) is 9. The maximum absolute atomic E-state index is 13.9. The summed E-state index contributed by atoms with van der Waals surface area (Å²) < 4.78 is 21.4. The lowest BCUT2D eigenvalue weighted by atomic mass is 10.1. The van der Waals surface area contributed by atoms with Gasteiger partial charge in [0.25, 0.3) is 0 Å². The molecule has 0 aromatic carbocycles. The van der Waals surface area contributed by atoms with E-state index in [4.69, 9.17) is 4.74 Å². The molecule has 0 amide bonds. The fraction of sp³-hybridized carbons (Fsp3) is 0.571. The Bertz CT molecular complexity index is 1020. The first kappa shape index (κ1) is 23.1. The fourth-order valence-electron chi connectivity index (χ4n) is 4.06. The predicted molar refractivity (Wildman–Crippen MR) is 120 cm³/mol. The van der Waals surface area contributed by atoms with Crippen LogP contribution in [0, 0.1) is 0 Å². The van der Waals surface area contributed by atoms with Crippen LogP contribution in [0.1, 0.15) is 39.3 Å². The first-order valence-electron chi connectivity index (χ1n) is 10.7. The largest absolute Gasteiger partial charge is 0.391 e. The molecular weight excluding hydrogens is 437 g/mol. The van der Waals surface area contributed by atoms with Gasteiger partial charge in [0, 0.05) is 10.7 Å². The number of allylic oxidation sites excluding steroid dienone is 4. The van der Waals surface area contributed by atoms with Crippen molar-refractivity contribution < 1.29 is 24.4 Å². The number of nitrogens with one attached hydrogen (secondary N) is 1. The Labute approximate surface area is 189 Å². The zero-order chi connectivity index (χ0) is 22.8. The summed E-state index contributed by atoms with van der Waals surface area (Å²) in [6.07, 6.45) is 4.00. The van der Waals surface area contributed by atoms with Gasteiger partial charge < -0.3 is 25.4 Å². The molecule has 32 heavy (non-hydrogen) atoms. The highest BCUT2D eigenvalue weighted by molar-refractivity contribution is 8.03. The smallest absolute Gasteiger partial charge is 0.167 e. The topological polar surface area (TPSA) is 126 Å². The van der Waals surface area contributed by atoms with Crippen molar-refractivity contribution in [1.82, 2.24) is 19.5 Å². The third-order valence-electron chi connectivity index (χ3n) is 5.89. The molecule has 1 aliphatic heterocycles. The van der Waals surface area contributed by atoms with E-state index in [1.807, 2.05) is 0 Å². The zero-order valence-electron chi connectivity index (χ0n) is 17.9. The number of fused-ring (bicyclic) bond motifs is 1. The molecule has 2 aliphatic rings. The summed E-state index contributed by atoms with van der Waals surface area (Å²) in [5, 5.41) is 34.5. The first-order chi connectivity index (χ1) is 15.4. The van der Waals surface area contributed by atoms with Crippen LogP contribution in [0.3, 0.4) is 0 Å². The van der Waals surface area contributed by atoms with Crippen LogP contribution >= 0.6 is 11.8 Å². The average molecular weight is 466 g/mol. The van der Waals surface area contributed by atoms with Gasteiger partial charge in [-0.1, -0.05) is 6.08 Å². The Morgan fingerprint density at radius 3 is 2.81 bits per heavy atom. The number of ether oxygens (including phenoxy) is 1. The van der Waals surface area contributed by atoms with E-state index in [0.717, 1.165) is 19.3 Å². The normalized spacial score (nSPS) is 31.6. The quantitative estimate of drug-likeness (QED) is 0.456. The molecule has 3 heterocycles. The molecule has 4 rings (SSSR count). The monoisotopic (exact) mass is 465 g/mol. The van der Waals surface area contributed by atoms with Gasteiger partial charge in [-0.25, -0.2) is 19.3 Å². The van der Waals surface area contributed by atoms with Crippen molar-refractivity contribution in [1.29, 1.82) is 0 Å². The summed E-state index contributed by atoms with van der Waals surface area (Å²) in [5.74, 6) is 0.436. The molecule has 0 bridgehead atoms. The molecule has 1 saturated heterocycles. The minimum Gasteiger partial charge on any atom is -0.391 e. The van der Waals surface area contributed by atoms with Gasteiger partial charge in [-0.2, -0.15) is 0 Å². The van der Waals surface area contributed by atoms with Crippen LogP contribution < -0.4 is 5.32 Å². The Morgan fingerprint density at radius 1 is 1.28 bits per heavy atom. The molecule has 6 atom stereocenters. The molecular formula is C21H28FN5O4S. The van der Waals surface area contributed by atoms with Crippen molar-refractivity contribution in [3.8, 4) is 0 Å². The number of thioether (sulfide) groups is 1. The maximum Gasteiger partial charge on any atom is 0.167 e. The van der Waals surface area contributed by atoms with Gasteiger partial charge in [-0.3, -0.25) is 4.57 Å². The van der Waals surface area contributed by atoms with Crippen molar-refractivity contribution in [3.05, 3.63) is 35.5 Å². The van der Waals surface area contributed by atoms with E-state index in [9.17, 15) is 19.7 Å². The molecule has 174 valence electrons. The Morgan fingerprint density at radius 2 is 2.09 bits per heavy atom. The van der Waals surface area contributed by atoms with E-state index < -0.39 is 30.6 Å². The van der Waals surface area contributed by atoms with E-state index in [1.54, 1.807) is 24.5 Å². The van der Waals surface area contributed by atoms with Gasteiger partial charge in [-0.05, 0) is 39.2 Å². The van der Waals surface area contributed by atoms with Gasteiger partial charge in [0.05, 0.1) is 24.6 Å². The third kappa shape index (κ3) is 4.53. The molecule has 9 nitrogen and oxygen atoms in total. The predicted octanol–water partition coefficient (Wildman–Crippen LogP) is 2.28. The van der Waals surface area contributed by atoms with Gasteiger partial charge in [0.15, 0.2) is 23.2 Å². The standard InChI is InChI=1S/C21H28FN5O4S/c1-3-5-12(22)11(2)32-8-15-17(29)18(30)21(31-15)27-10-25-16-19(23-9-24-20(16)27)26-13-6-4-7-14(13)28/h3,5,9-10,13-15,17-18,21,28-30H,4,6-8H2,1-2H3,(H,23,24,26). The molecule has 2 aromatic rings. The highest BCUT2D eigenvalue weighted by atomic mass is 32.2. The lowest BCUT2D eigenvalue weighted by Crippen LogP contribution is -2.32. The first-order valence-corrected chi connectivity index (χ1v) is 11.6. The molecule has 2 fully saturated rings. The Hall–Kier alpha value is -2.05. The Kier molecular flexibility index (Phi) is 7.11. The van der Waals surface area contributed by atoms with Crippen molar-refractivity contribution >= 4 is 28.7 Å². The molecule has 1 saturated carbocycles. The van der Waals surface area contributed by atoms with Gasteiger partial charge in [0.2, 0.25) is 0 Å². The number of rotatable bonds is 7. The number of nitrogens with zero attached hydrogens (tertiary/aromatic N) is 4. The summed E-state index contributed by atoms with van der Waals surface area (Å²) in [5.41, 5.74) is 0.927. The zero-order valence-corrected chi connectivity index (χ0v) is 18.7. The number of imidazole rings is 1. The van der Waals surface area contributed by atoms with Crippen LogP contribution in [-0.2, 0) is 4.74 Å². The van der Waals surface area contributed by atoms with Crippen molar-refractivity contribution in [2.24, 2.45) is 0 Å². The third-order valence-corrected chi connectivity index (χ3v) is 7.01. The van der Waals surface area contributed by atoms with Gasteiger partial charge in [0.1, 0.15) is 24.4 Å². The molecule has 6 unspecified atom stereocenters. The van der Waals surface area contributed by atoms with E-state index in [-0.39, 0.29) is 17.6 Å². The summed E-state index contributed by atoms with van der Waals surface area (Å²) in [4.78, 5) is 13.4. The minimum absolute atomic E-state index is 0.103. The number of aromatic nitrogens is 4. The van der Waals surface area contributed by atoms with E-state index >= 15 is 0 Å². The molecule has 0 radical (unpaired) electrons. The van der Waals surface area contributed by atoms with Crippen LogP contribution in [0.15, 0.2) is 35.5 Å². The van der Waals surface area contributed by atoms with E-state index in [1.165, 1.54) is 30.5 Å². The van der Waals surface area contributed by atoms with Crippen LogP contribution in [0.5, 0.6) is 0 Å². The number of halogens is 1. The fourth-order valence-corrected chi connectivity index (χ4v) is 4.96. The number of aliphatic hydroxyl groups excluding tert-OH is 3. The summed E-state index contributed by atoms with van der Waals surface area (Å²) >= 11 is 1.22. The molecule has 0 spiro atoms. The Balaban J connectivity index is 1.51. The van der Waals surface area contributed by atoms with Gasteiger partial charge in [-0.15, -0.1) is 11.8 Å². The SMILES string of the molecule is CC=CC(F)=C(C)SCC1OC(n2cnc3c(NC4CCCC4O)ncnc32)C(O)C1O. The van der Waals surface area contributed by atoms with Crippen molar-refractivity contribution in [2.45, 2.75) is 69.8 Å². The van der Waals surface area contributed by atoms with Crippen LogP contribution in [-0.4, -0.2) is 71.0 Å². The minimum atomic E-state index is -1.20. The number of aliphatic hydroxyl groups is 3. The van der Waals surface area contributed by atoms with Gasteiger partial charge >= 0.3 is 0 Å². The second kappa shape index (κ2) is 9.84. The van der Waals surface area contributed by atoms with Crippen LogP contribution in [0.25, 0.3) is 11.2 Å². The van der Waals surface area contributed by atoms with E-state index in [2.05, 4.69) is 20.3 Å². The highest BCUT2D eigenvalue weighted by Crippen LogP contribution is 2.35. The summed E-state index contributed by atoms with van der Waals surface area (Å²) in [7, 11) is 0. The van der Waals surface area contributed by atoms with E-state index in [0.29, 0.717) is 21.9 Å². The number of hydrogen-bond donors (Lipinski definition) is 4. The van der Waals surface area contributed by atoms with Crippen LogP contribution in [0.2, 0.25) is 0 Å². The summed E-state index contributed by atoms with van der Waals surface area (Å²) in [6.45, 7) is 3.39. The lowest BCUT2D eigenvalue weighted by molar-refractivity contribution is -0.0288. The molecule has 1 aliphatic carbocycles. The summed E-state index contributed by atoms with van der Waals surface area (Å²) in [6, 6.07) is -0.103. The molecule has 2 aromatic heterocycles. The maximum atomic E-state index is 13.9. The molecule has 11 heteroatoms. The average Bonchev–Trinajstić information content (AvgIpc) is 3.46. The lowest BCUT2D eigenvalue weighted by Gasteiger charge is -2.18. The second-order valence-corrected chi connectivity index (χ2v) is 9.29. The second-order valence-electron chi connectivity index (χ2n) is 8.06. The highest BCUT2D eigenvalue weighted by Gasteiger charge is 2.44. The van der Waals surface area contributed by atoms with Crippen LogP contribution in [0.4, 0.5) is 10.2 Å². The molecule has 4 N–H and O–H groups in total.